The molecule has 2 aromatic rings. The van der Waals surface area contributed by atoms with E-state index in [9.17, 15) is 19.1 Å². The van der Waals surface area contributed by atoms with E-state index in [0.29, 0.717) is 37.2 Å². The first kappa shape index (κ1) is 36.7. The number of nitrogens with two attached hydrogens (primary N) is 1. The summed E-state index contributed by atoms with van der Waals surface area (Å²) in [6.45, 7) is 15.4. The Balaban J connectivity index is 2.17. The first-order valence-corrected chi connectivity index (χ1v) is 16.9. The second kappa shape index (κ2) is 17.7. The molecule has 43 heavy (non-hydrogen) atoms. The lowest BCUT2D eigenvalue weighted by Crippen LogP contribution is -2.44. The lowest BCUT2D eigenvalue weighted by Gasteiger charge is -2.36. The van der Waals surface area contributed by atoms with Gasteiger partial charge in [0.05, 0.1) is 5.69 Å². The van der Waals surface area contributed by atoms with Gasteiger partial charge in [0.2, 0.25) is 5.91 Å². The molecule has 0 saturated heterocycles. The zero-order valence-electron chi connectivity index (χ0n) is 27.4. The van der Waals surface area contributed by atoms with Gasteiger partial charge in [-0.1, -0.05) is 80.2 Å². The van der Waals surface area contributed by atoms with E-state index in [0.717, 1.165) is 44.1 Å². The van der Waals surface area contributed by atoms with Crippen LogP contribution in [0.2, 0.25) is 0 Å². The Labute approximate surface area is 262 Å². The molecule has 0 aliphatic heterocycles. The summed E-state index contributed by atoms with van der Waals surface area (Å²) in [5.74, 6) is -0.491. The summed E-state index contributed by atoms with van der Waals surface area (Å²) in [6, 6.07) is 4.37. The first-order valence-electron chi connectivity index (χ1n) is 16.0. The summed E-state index contributed by atoms with van der Waals surface area (Å²) < 4.78 is 14.1. The Morgan fingerprint density at radius 2 is 1.81 bits per heavy atom. The van der Waals surface area contributed by atoms with Crippen molar-refractivity contribution >= 4 is 28.8 Å². The quantitative estimate of drug-likeness (QED) is 0.117. The summed E-state index contributed by atoms with van der Waals surface area (Å²) >= 11 is 1.26. The molecule has 1 aromatic carbocycles. The second-order valence-electron chi connectivity index (χ2n) is 13.4. The largest absolute Gasteiger partial charge is 0.396 e. The number of carbonyl (C=O) groups excluding carboxylic acids is 2. The molecule has 0 saturated carbocycles. The van der Waals surface area contributed by atoms with Crippen molar-refractivity contribution in [3.8, 4) is 0 Å². The number of aliphatic hydroxyl groups is 1. The third-order valence-electron chi connectivity index (χ3n) is 7.73. The monoisotopic (exact) mass is 618 g/mol. The average Bonchev–Trinajstić information content (AvgIpc) is 3.42. The minimum Gasteiger partial charge on any atom is -0.396 e. The average molecular weight is 619 g/mol. The van der Waals surface area contributed by atoms with Crippen LogP contribution in [0.3, 0.4) is 0 Å². The summed E-state index contributed by atoms with van der Waals surface area (Å²) in [5.41, 5.74) is 6.67. The summed E-state index contributed by atoms with van der Waals surface area (Å²) in [7, 11) is 0. The van der Waals surface area contributed by atoms with Crippen LogP contribution < -0.4 is 11.1 Å². The van der Waals surface area contributed by atoms with Crippen LogP contribution in [0.4, 0.5) is 10.1 Å². The number of aliphatic hydroxyl groups excluding tert-OH is 1. The van der Waals surface area contributed by atoms with Gasteiger partial charge in [0.15, 0.2) is 0 Å². The highest BCUT2D eigenvalue weighted by atomic mass is 32.1. The number of unbranched alkanes of at least 4 members (excludes halogenated alkanes) is 4. The number of nitrogens with zero attached hydrogens (tertiary/aromatic N) is 2. The maximum atomic E-state index is 14.1. The first-order chi connectivity index (χ1) is 20.2. The van der Waals surface area contributed by atoms with E-state index in [1.165, 1.54) is 17.4 Å². The van der Waals surface area contributed by atoms with Gasteiger partial charge < -0.3 is 21.1 Å². The fraction of sp³-hybridized carbons (Fsp3) is 0.676. The fourth-order valence-corrected chi connectivity index (χ4v) is 6.24. The second-order valence-corrected chi connectivity index (χ2v) is 14.3. The molecule has 3 unspecified atom stereocenters. The van der Waals surface area contributed by atoms with Crippen molar-refractivity contribution in [2.45, 2.75) is 131 Å². The van der Waals surface area contributed by atoms with Crippen molar-refractivity contribution in [1.29, 1.82) is 0 Å². The lowest BCUT2D eigenvalue weighted by atomic mass is 9.85. The number of benzene rings is 1. The third-order valence-corrected chi connectivity index (χ3v) is 8.68. The molecule has 1 aromatic heterocycles. The van der Waals surface area contributed by atoms with Crippen LogP contribution in [-0.4, -0.2) is 45.4 Å². The van der Waals surface area contributed by atoms with E-state index in [4.69, 9.17) is 5.73 Å². The van der Waals surface area contributed by atoms with Gasteiger partial charge in [0.25, 0.3) is 5.91 Å². The van der Waals surface area contributed by atoms with E-state index in [1.54, 1.807) is 17.5 Å². The number of carbonyl (C=O) groups is 2. The summed E-state index contributed by atoms with van der Waals surface area (Å²) in [6.07, 6.45) is 7.25. The molecule has 1 heterocycles. The van der Waals surface area contributed by atoms with Crippen LogP contribution in [0.5, 0.6) is 0 Å². The molecule has 3 atom stereocenters. The van der Waals surface area contributed by atoms with Gasteiger partial charge in [-0.15, -0.1) is 11.3 Å². The van der Waals surface area contributed by atoms with Crippen LogP contribution in [0, 0.1) is 17.2 Å². The van der Waals surface area contributed by atoms with Crippen molar-refractivity contribution < 1.29 is 19.1 Å². The Morgan fingerprint density at radius 1 is 1.12 bits per heavy atom. The Morgan fingerprint density at radius 3 is 2.42 bits per heavy atom. The molecule has 0 spiro atoms. The molecule has 0 aliphatic carbocycles. The molecule has 2 amide bonds. The van der Waals surface area contributed by atoms with Gasteiger partial charge in [-0.25, -0.2) is 9.37 Å². The van der Waals surface area contributed by atoms with Gasteiger partial charge in [-0.05, 0) is 54.7 Å². The van der Waals surface area contributed by atoms with Crippen LogP contribution >= 0.6 is 11.3 Å². The minimum absolute atomic E-state index is 0.0729. The van der Waals surface area contributed by atoms with Crippen LogP contribution in [-0.2, 0) is 11.2 Å². The van der Waals surface area contributed by atoms with E-state index in [-0.39, 0.29) is 46.6 Å². The van der Waals surface area contributed by atoms with Crippen molar-refractivity contribution in [1.82, 2.24) is 15.2 Å². The van der Waals surface area contributed by atoms with Crippen LogP contribution in [0.15, 0.2) is 23.6 Å². The van der Waals surface area contributed by atoms with Crippen molar-refractivity contribution in [2.24, 2.45) is 11.3 Å². The summed E-state index contributed by atoms with van der Waals surface area (Å²) in [4.78, 5) is 33.0. The number of hydrogen-bond acceptors (Lipinski definition) is 6. The smallest absolute Gasteiger partial charge is 0.270 e. The number of halogens is 1. The zero-order chi connectivity index (χ0) is 32.2. The molecular weight excluding hydrogens is 563 g/mol. The van der Waals surface area contributed by atoms with Crippen molar-refractivity contribution in [3.05, 3.63) is 45.7 Å². The van der Waals surface area contributed by atoms with Gasteiger partial charge in [-0.3, -0.25) is 9.59 Å². The zero-order valence-corrected chi connectivity index (χ0v) is 28.2. The van der Waals surface area contributed by atoms with E-state index in [2.05, 4.69) is 58.8 Å². The molecular formula is C34H55FN4O3S. The number of anilines is 1. The van der Waals surface area contributed by atoms with Crippen molar-refractivity contribution in [2.75, 3.05) is 12.3 Å². The molecule has 7 nitrogen and oxygen atoms in total. The maximum Gasteiger partial charge on any atom is 0.270 e. The number of rotatable bonds is 18. The SMILES string of the molecule is CCCCCCN(C(=O)CCCC)C(CC(O)c1nc(C(=O)NC(Cc2ccc(N)c(F)c2)CC(C)(C)C)cs1)C(C)C. The maximum absolute atomic E-state index is 14.1. The molecule has 242 valence electrons. The van der Waals surface area contributed by atoms with E-state index >= 15 is 0 Å². The highest BCUT2D eigenvalue weighted by Crippen LogP contribution is 2.29. The number of thiazole rings is 1. The third kappa shape index (κ3) is 12.5. The van der Waals surface area contributed by atoms with Gasteiger partial charge in [0.1, 0.15) is 22.6 Å². The lowest BCUT2D eigenvalue weighted by molar-refractivity contribution is -0.135. The topological polar surface area (TPSA) is 109 Å². The minimum atomic E-state index is -0.890. The fourth-order valence-electron chi connectivity index (χ4n) is 5.44. The van der Waals surface area contributed by atoms with Crippen LogP contribution in [0.1, 0.15) is 133 Å². The normalized spacial score (nSPS) is 14.0. The molecule has 4 N–H and O–H groups in total. The number of hydrogen-bond donors (Lipinski definition) is 3. The van der Waals surface area contributed by atoms with E-state index in [1.807, 2.05) is 4.90 Å². The molecule has 0 bridgehead atoms. The van der Waals surface area contributed by atoms with E-state index < -0.39 is 11.9 Å². The predicted molar refractivity (Wildman–Crippen MR) is 176 cm³/mol. The number of amides is 2. The standard InChI is InChI=1S/C34H55FN4O3S/c1-8-10-12-13-17-39(31(41)14-11-9-2)29(23(3)4)20-30(40)33-38-28(22-43-33)32(42)37-25(21-34(5,6)7)18-24-15-16-27(36)26(35)19-24/h15-16,19,22-23,25,29-30,40H,8-14,17-18,20-21,36H2,1-7H3,(H,37,42). The van der Waals surface area contributed by atoms with Gasteiger partial charge in [-0.2, -0.15) is 0 Å². The Kier molecular flexibility index (Phi) is 15.1. The molecule has 0 fully saturated rings. The van der Waals surface area contributed by atoms with Gasteiger partial charge in [0, 0.05) is 36.9 Å². The highest BCUT2D eigenvalue weighted by Gasteiger charge is 2.30. The number of nitrogens with one attached hydrogen (secondary N) is 1. The molecule has 9 heteroatoms. The Hall–Kier alpha value is -2.52. The highest BCUT2D eigenvalue weighted by molar-refractivity contribution is 7.09. The predicted octanol–water partition coefficient (Wildman–Crippen LogP) is 7.69. The van der Waals surface area contributed by atoms with Crippen molar-refractivity contribution in [3.63, 3.8) is 0 Å². The molecule has 0 radical (unpaired) electrons. The van der Waals surface area contributed by atoms with Crippen LogP contribution in [0.25, 0.3) is 0 Å². The molecule has 2 rings (SSSR count). The number of nitrogen functional groups attached to an aromatic ring is 1. The Bertz CT molecular complexity index is 1150. The number of aromatic nitrogens is 1. The molecule has 0 aliphatic rings. The summed E-state index contributed by atoms with van der Waals surface area (Å²) in [5, 5.41) is 16.5. The van der Waals surface area contributed by atoms with Gasteiger partial charge >= 0.3 is 0 Å².